The van der Waals surface area contributed by atoms with Crippen molar-refractivity contribution in [3.63, 3.8) is 0 Å². The van der Waals surface area contributed by atoms with Crippen molar-refractivity contribution in [3.8, 4) is 0 Å². The Balaban J connectivity index is 1.80. The van der Waals surface area contributed by atoms with E-state index in [-0.39, 0.29) is 24.3 Å². The summed E-state index contributed by atoms with van der Waals surface area (Å²) in [6.45, 7) is 1.58. The second-order valence-corrected chi connectivity index (χ2v) is 7.88. The highest BCUT2D eigenvalue weighted by atomic mass is 32.2. The molecule has 0 aromatic heterocycles. The molecule has 1 saturated heterocycles. The summed E-state index contributed by atoms with van der Waals surface area (Å²) in [5.74, 6) is -0.508. The predicted octanol–water partition coefficient (Wildman–Crippen LogP) is 1.12. The van der Waals surface area contributed by atoms with E-state index in [1.807, 2.05) is 4.90 Å². The molecule has 1 amide bonds. The van der Waals surface area contributed by atoms with Crippen molar-refractivity contribution in [3.05, 3.63) is 30.1 Å². The first-order chi connectivity index (χ1) is 10.8. The molecule has 1 N–H and O–H groups in total. The Kier molecular flexibility index (Phi) is 5.72. The Morgan fingerprint density at radius 2 is 1.87 bits per heavy atom. The number of nitrogens with zero attached hydrogens (tertiary/aromatic N) is 2. The number of carbonyl (C=O) groups excluding carboxylic acids is 1. The summed E-state index contributed by atoms with van der Waals surface area (Å²) in [7, 11) is -1.59. The number of hydrogen-bond donors (Lipinski definition) is 1. The first-order valence-electron chi connectivity index (χ1n) is 7.46. The maximum Gasteiger partial charge on any atom is 0.238 e. The highest BCUT2D eigenvalue weighted by molar-refractivity contribution is 7.88. The highest BCUT2D eigenvalue weighted by Crippen LogP contribution is 2.17. The van der Waals surface area contributed by atoms with Gasteiger partial charge in [0.15, 0.2) is 0 Å². The molecule has 8 heteroatoms. The van der Waals surface area contributed by atoms with Gasteiger partial charge in [-0.05, 0) is 37.1 Å². The lowest BCUT2D eigenvalue weighted by atomic mass is 10.1. The van der Waals surface area contributed by atoms with Gasteiger partial charge in [-0.1, -0.05) is 0 Å². The average Bonchev–Trinajstić information content (AvgIpc) is 2.49. The number of anilines is 1. The molecule has 2 rings (SSSR count). The zero-order valence-electron chi connectivity index (χ0n) is 13.3. The number of likely N-dealkylation sites (tertiary alicyclic amines) is 1. The lowest BCUT2D eigenvalue weighted by molar-refractivity contribution is -0.117. The van der Waals surface area contributed by atoms with Gasteiger partial charge >= 0.3 is 0 Å². The summed E-state index contributed by atoms with van der Waals surface area (Å²) < 4.78 is 37.3. The molecule has 1 aliphatic rings. The van der Waals surface area contributed by atoms with Crippen molar-refractivity contribution in [1.82, 2.24) is 9.21 Å². The van der Waals surface area contributed by atoms with Crippen LogP contribution < -0.4 is 5.32 Å². The maximum atomic E-state index is 12.8. The van der Waals surface area contributed by atoms with Crippen LogP contribution in [0.1, 0.15) is 12.8 Å². The van der Waals surface area contributed by atoms with Gasteiger partial charge in [-0.2, -0.15) is 0 Å². The fraction of sp³-hybridized carbons (Fsp3) is 0.533. The monoisotopic (exact) mass is 343 g/mol. The summed E-state index contributed by atoms with van der Waals surface area (Å²) in [6.07, 6.45) is 2.61. The molecule has 1 aromatic carbocycles. The van der Waals surface area contributed by atoms with E-state index >= 15 is 0 Å². The SMILES string of the molecule is CN(C1CCN(CC(=O)Nc2ccc(F)cc2)CC1)S(C)(=O)=O. The molecule has 0 spiro atoms. The van der Waals surface area contributed by atoms with Gasteiger partial charge in [0.2, 0.25) is 15.9 Å². The molecule has 0 saturated carbocycles. The van der Waals surface area contributed by atoms with Crippen molar-refractivity contribution >= 4 is 21.6 Å². The Morgan fingerprint density at radius 3 is 2.39 bits per heavy atom. The van der Waals surface area contributed by atoms with Gasteiger partial charge in [-0.15, -0.1) is 0 Å². The lowest BCUT2D eigenvalue weighted by Crippen LogP contribution is -2.47. The van der Waals surface area contributed by atoms with Gasteiger partial charge in [0.1, 0.15) is 5.82 Å². The first kappa shape index (κ1) is 17.8. The molecule has 6 nitrogen and oxygen atoms in total. The van der Waals surface area contributed by atoms with Gasteiger partial charge in [-0.3, -0.25) is 9.69 Å². The molecule has 1 aliphatic heterocycles. The fourth-order valence-corrected chi connectivity index (χ4v) is 3.40. The van der Waals surface area contributed by atoms with Gasteiger partial charge in [-0.25, -0.2) is 17.1 Å². The molecule has 1 fully saturated rings. The Labute approximate surface area is 136 Å². The molecular weight excluding hydrogens is 321 g/mol. The van der Waals surface area contributed by atoms with Crippen LogP contribution in [0.15, 0.2) is 24.3 Å². The van der Waals surface area contributed by atoms with E-state index in [2.05, 4.69) is 5.32 Å². The topological polar surface area (TPSA) is 69.7 Å². The fourth-order valence-electron chi connectivity index (χ4n) is 2.65. The molecule has 0 atom stereocenters. The van der Waals surface area contributed by atoms with Crippen molar-refractivity contribution in [2.45, 2.75) is 18.9 Å². The molecular formula is C15H22FN3O3S. The number of carbonyl (C=O) groups is 1. The van der Waals surface area contributed by atoms with E-state index in [1.165, 1.54) is 34.8 Å². The number of hydrogen-bond acceptors (Lipinski definition) is 4. The molecule has 0 bridgehead atoms. The van der Waals surface area contributed by atoms with Crippen LogP contribution in [-0.4, -0.2) is 62.5 Å². The van der Waals surface area contributed by atoms with E-state index in [4.69, 9.17) is 0 Å². The summed E-state index contributed by atoms with van der Waals surface area (Å²) in [4.78, 5) is 14.0. The van der Waals surface area contributed by atoms with E-state index in [9.17, 15) is 17.6 Å². The van der Waals surface area contributed by atoms with Crippen molar-refractivity contribution < 1.29 is 17.6 Å². The summed E-state index contributed by atoms with van der Waals surface area (Å²) in [5, 5.41) is 2.72. The number of nitrogens with one attached hydrogen (secondary N) is 1. The van der Waals surface area contributed by atoms with E-state index in [0.717, 1.165) is 0 Å². The third-order valence-corrected chi connectivity index (χ3v) is 5.43. The predicted molar refractivity (Wildman–Crippen MR) is 87.1 cm³/mol. The molecule has 128 valence electrons. The largest absolute Gasteiger partial charge is 0.325 e. The molecule has 23 heavy (non-hydrogen) atoms. The smallest absolute Gasteiger partial charge is 0.238 e. The Hall–Kier alpha value is -1.51. The minimum absolute atomic E-state index is 0.0126. The normalized spacial score (nSPS) is 17.4. The molecule has 0 unspecified atom stereocenters. The van der Waals surface area contributed by atoms with Crippen LogP contribution in [0.5, 0.6) is 0 Å². The number of sulfonamides is 1. The summed E-state index contributed by atoms with van der Waals surface area (Å²) in [5.41, 5.74) is 0.558. The standard InChI is InChI=1S/C15H22FN3O3S/c1-18(23(2,21)22)14-7-9-19(10-8-14)11-15(20)17-13-5-3-12(16)4-6-13/h3-6,14H,7-11H2,1-2H3,(H,17,20). The first-order valence-corrected chi connectivity index (χ1v) is 9.31. The van der Waals surface area contributed by atoms with E-state index in [1.54, 1.807) is 7.05 Å². The second kappa shape index (κ2) is 7.37. The van der Waals surface area contributed by atoms with Crippen LogP contribution in [0, 0.1) is 5.82 Å². The third-order valence-electron chi connectivity index (χ3n) is 4.09. The van der Waals surface area contributed by atoms with E-state index in [0.29, 0.717) is 31.6 Å². The van der Waals surface area contributed by atoms with Crippen molar-refractivity contribution in [2.75, 3.05) is 38.3 Å². The van der Waals surface area contributed by atoms with E-state index < -0.39 is 10.0 Å². The zero-order valence-corrected chi connectivity index (χ0v) is 14.1. The van der Waals surface area contributed by atoms with Crippen molar-refractivity contribution in [2.24, 2.45) is 0 Å². The van der Waals surface area contributed by atoms with Crippen LogP contribution in [-0.2, 0) is 14.8 Å². The molecule has 0 aliphatic carbocycles. The van der Waals surface area contributed by atoms with Crippen LogP contribution in [0.2, 0.25) is 0 Å². The third kappa shape index (κ3) is 5.26. The second-order valence-electron chi connectivity index (χ2n) is 5.84. The minimum Gasteiger partial charge on any atom is -0.325 e. The van der Waals surface area contributed by atoms with Gasteiger partial charge in [0.25, 0.3) is 0 Å². The number of piperidine rings is 1. The Morgan fingerprint density at radius 1 is 1.30 bits per heavy atom. The summed E-state index contributed by atoms with van der Waals surface area (Å²) >= 11 is 0. The lowest BCUT2D eigenvalue weighted by Gasteiger charge is -2.35. The molecule has 1 aromatic rings. The number of benzene rings is 1. The van der Waals surface area contributed by atoms with Crippen molar-refractivity contribution in [1.29, 1.82) is 0 Å². The average molecular weight is 343 g/mol. The zero-order chi connectivity index (χ0) is 17.0. The van der Waals surface area contributed by atoms with Gasteiger partial charge < -0.3 is 5.32 Å². The van der Waals surface area contributed by atoms with Crippen LogP contribution in [0.4, 0.5) is 10.1 Å². The highest BCUT2D eigenvalue weighted by Gasteiger charge is 2.27. The minimum atomic E-state index is -3.18. The number of rotatable bonds is 5. The quantitative estimate of drug-likeness (QED) is 0.870. The van der Waals surface area contributed by atoms with Gasteiger partial charge in [0.05, 0.1) is 12.8 Å². The van der Waals surface area contributed by atoms with Crippen LogP contribution >= 0.6 is 0 Å². The number of amides is 1. The molecule has 1 heterocycles. The summed E-state index contributed by atoms with van der Waals surface area (Å²) in [6, 6.07) is 5.60. The maximum absolute atomic E-state index is 12.8. The molecule has 0 radical (unpaired) electrons. The Bertz CT molecular complexity index is 640. The van der Waals surface area contributed by atoms with Gasteiger partial charge in [0, 0.05) is 31.9 Å². The van der Waals surface area contributed by atoms with Crippen LogP contribution in [0.25, 0.3) is 0 Å². The van der Waals surface area contributed by atoms with Crippen LogP contribution in [0.3, 0.4) is 0 Å². The number of halogens is 1.